The fourth-order valence-electron chi connectivity index (χ4n) is 2.25. The van der Waals surface area contributed by atoms with Crippen LogP contribution in [0.2, 0.25) is 0 Å². The first kappa shape index (κ1) is 18.4. The van der Waals surface area contributed by atoms with Crippen LogP contribution in [0.25, 0.3) is 0 Å². The van der Waals surface area contributed by atoms with E-state index >= 15 is 0 Å². The Morgan fingerprint density at radius 2 is 1.72 bits per heavy atom. The lowest BCUT2D eigenvalue weighted by Gasteiger charge is -2.20. The number of amides is 1. The Hall–Kier alpha value is -2.89. The van der Waals surface area contributed by atoms with E-state index in [2.05, 4.69) is 5.32 Å². The number of ether oxygens (including phenoxy) is 2. The Kier molecular flexibility index (Phi) is 6.51. The summed E-state index contributed by atoms with van der Waals surface area (Å²) in [6.45, 7) is 1.55. The zero-order valence-electron chi connectivity index (χ0n) is 14.1. The first-order valence-corrected chi connectivity index (χ1v) is 7.84. The topological polar surface area (TPSA) is 64.6 Å². The second kappa shape index (κ2) is 8.82. The van der Waals surface area contributed by atoms with Crippen LogP contribution in [-0.2, 0) is 20.7 Å². The molecule has 2 aromatic carbocycles. The molecule has 0 heterocycles. The highest BCUT2D eigenvalue weighted by molar-refractivity contribution is 5.87. The van der Waals surface area contributed by atoms with Crippen molar-refractivity contribution < 1.29 is 23.5 Å². The molecule has 0 aromatic heterocycles. The van der Waals surface area contributed by atoms with Gasteiger partial charge in [-0.1, -0.05) is 30.3 Å². The molecule has 132 valence electrons. The van der Waals surface area contributed by atoms with Crippen molar-refractivity contribution in [2.24, 2.45) is 0 Å². The van der Waals surface area contributed by atoms with Crippen molar-refractivity contribution in [3.8, 4) is 5.75 Å². The average molecular weight is 345 g/mol. The lowest BCUT2D eigenvalue weighted by Crippen LogP contribution is -2.47. The maximum absolute atomic E-state index is 12.9. The van der Waals surface area contributed by atoms with Gasteiger partial charge in [0.25, 0.3) is 5.91 Å². The molecule has 2 aromatic rings. The molecule has 0 aliphatic rings. The summed E-state index contributed by atoms with van der Waals surface area (Å²) in [5, 5.41) is 2.64. The van der Waals surface area contributed by atoms with Crippen LogP contribution in [0.1, 0.15) is 12.5 Å². The number of hydrogen-bond donors (Lipinski definition) is 1. The van der Waals surface area contributed by atoms with Gasteiger partial charge in [0.05, 0.1) is 7.11 Å². The van der Waals surface area contributed by atoms with E-state index in [1.54, 1.807) is 6.92 Å². The van der Waals surface area contributed by atoms with E-state index in [4.69, 9.17) is 9.47 Å². The Morgan fingerprint density at radius 3 is 2.32 bits per heavy atom. The van der Waals surface area contributed by atoms with Crippen LogP contribution >= 0.6 is 0 Å². The van der Waals surface area contributed by atoms with Crippen LogP contribution in [0, 0.1) is 5.82 Å². The molecule has 0 bridgehead atoms. The molecule has 0 aliphatic heterocycles. The third kappa shape index (κ3) is 5.60. The molecule has 2 rings (SSSR count). The standard InChI is InChI=1S/C19H20FNO4/c1-13(25-16-10-8-15(20)9-11-16)18(22)21-17(19(23)24-2)12-14-6-4-3-5-7-14/h3-11,13,17H,12H2,1-2H3,(H,21,22)/t13-,17+/m0/s1. The summed E-state index contributed by atoms with van der Waals surface area (Å²) in [5.41, 5.74) is 0.894. The molecule has 0 saturated heterocycles. The monoisotopic (exact) mass is 345 g/mol. The summed E-state index contributed by atoms with van der Waals surface area (Å²) in [6, 6.07) is 13.8. The predicted molar refractivity (Wildman–Crippen MR) is 90.6 cm³/mol. The van der Waals surface area contributed by atoms with Gasteiger partial charge in [-0.25, -0.2) is 9.18 Å². The smallest absolute Gasteiger partial charge is 0.328 e. The molecule has 2 atom stereocenters. The van der Waals surface area contributed by atoms with Crippen LogP contribution in [0.3, 0.4) is 0 Å². The number of benzene rings is 2. The van der Waals surface area contributed by atoms with Gasteiger partial charge in [0, 0.05) is 6.42 Å². The molecule has 0 unspecified atom stereocenters. The van der Waals surface area contributed by atoms with Crippen molar-refractivity contribution in [3.63, 3.8) is 0 Å². The number of nitrogens with one attached hydrogen (secondary N) is 1. The second-order valence-corrected chi connectivity index (χ2v) is 5.49. The third-order valence-electron chi connectivity index (χ3n) is 3.58. The molecule has 5 nitrogen and oxygen atoms in total. The fraction of sp³-hybridized carbons (Fsp3) is 0.263. The van der Waals surface area contributed by atoms with Crippen LogP contribution in [0.15, 0.2) is 54.6 Å². The summed E-state index contributed by atoms with van der Waals surface area (Å²) in [4.78, 5) is 24.3. The molecule has 0 aliphatic carbocycles. The van der Waals surface area contributed by atoms with Crippen LogP contribution in [-0.4, -0.2) is 31.1 Å². The number of rotatable bonds is 7. The molecule has 6 heteroatoms. The van der Waals surface area contributed by atoms with E-state index in [1.807, 2.05) is 30.3 Å². The molecule has 1 amide bonds. The van der Waals surface area contributed by atoms with E-state index in [9.17, 15) is 14.0 Å². The molecule has 25 heavy (non-hydrogen) atoms. The molecule has 0 spiro atoms. The molecule has 0 saturated carbocycles. The molecule has 1 N–H and O–H groups in total. The van der Waals surface area contributed by atoms with E-state index in [0.717, 1.165) is 5.56 Å². The van der Waals surface area contributed by atoms with Gasteiger partial charge in [0.15, 0.2) is 6.10 Å². The number of carbonyl (C=O) groups is 2. The first-order chi connectivity index (χ1) is 12.0. The molecular formula is C19H20FNO4. The maximum atomic E-state index is 12.9. The van der Waals surface area contributed by atoms with Gasteiger partial charge < -0.3 is 14.8 Å². The Balaban J connectivity index is 2.00. The summed E-state index contributed by atoms with van der Waals surface area (Å²) < 4.78 is 23.1. The zero-order chi connectivity index (χ0) is 18.2. The summed E-state index contributed by atoms with van der Waals surface area (Å²) >= 11 is 0. The Labute approximate surface area is 145 Å². The van der Waals surface area contributed by atoms with Gasteiger partial charge in [0.2, 0.25) is 0 Å². The molecular weight excluding hydrogens is 325 g/mol. The number of halogens is 1. The maximum Gasteiger partial charge on any atom is 0.328 e. The quantitative estimate of drug-likeness (QED) is 0.783. The van der Waals surface area contributed by atoms with Crippen LogP contribution in [0.4, 0.5) is 4.39 Å². The summed E-state index contributed by atoms with van der Waals surface area (Å²) in [5.74, 6) is -1.03. The molecule has 0 fully saturated rings. The first-order valence-electron chi connectivity index (χ1n) is 7.84. The van der Waals surface area contributed by atoms with Gasteiger partial charge in [-0.2, -0.15) is 0 Å². The van der Waals surface area contributed by atoms with Crippen molar-refractivity contribution in [1.29, 1.82) is 0 Å². The van der Waals surface area contributed by atoms with E-state index in [-0.39, 0.29) is 0 Å². The van der Waals surface area contributed by atoms with E-state index in [1.165, 1.54) is 31.4 Å². The highest BCUT2D eigenvalue weighted by Gasteiger charge is 2.25. The minimum absolute atomic E-state index is 0.308. The Morgan fingerprint density at radius 1 is 1.08 bits per heavy atom. The average Bonchev–Trinajstić information content (AvgIpc) is 2.63. The van der Waals surface area contributed by atoms with Gasteiger partial charge in [-0.3, -0.25) is 4.79 Å². The largest absolute Gasteiger partial charge is 0.481 e. The van der Waals surface area contributed by atoms with Crippen molar-refractivity contribution >= 4 is 11.9 Å². The number of esters is 1. The van der Waals surface area contributed by atoms with Gasteiger partial charge >= 0.3 is 5.97 Å². The third-order valence-corrected chi connectivity index (χ3v) is 3.58. The van der Waals surface area contributed by atoms with Gasteiger partial charge in [0.1, 0.15) is 17.6 Å². The van der Waals surface area contributed by atoms with Crippen molar-refractivity contribution in [3.05, 3.63) is 66.0 Å². The number of methoxy groups -OCH3 is 1. The van der Waals surface area contributed by atoms with Crippen LogP contribution < -0.4 is 10.1 Å². The van der Waals surface area contributed by atoms with Gasteiger partial charge in [-0.15, -0.1) is 0 Å². The zero-order valence-corrected chi connectivity index (χ0v) is 14.1. The Bertz CT molecular complexity index is 703. The van der Waals surface area contributed by atoms with Crippen LogP contribution in [0.5, 0.6) is 5.75 Å². The SMILES string of the molecule is COC(=O)[C@@H](Cc1ccccc1)NC(=O)[C@H](C)Oc1ccc(F)cc1. The molecule has 0 radical (unpaired) electrons. The lowest BCUT2D eigenvalue weighted by molar-refractivity contribution is -0.145. The predicted octanol–water partition coefficient (Wildman–Crippen LogP) is 2.49. The van der Waals surface area contributed by atoms with E-state index in [0.29, 0.717) is 12.2 Å². The van der Waals surface area contributed by atoms with Crippen molar-refractivity contribution in [1.82, 2.24) is 5.32 Å². The minimum atomic E-state index is -0.853. The van der Waals surface area contributed by atoms with E-state index < -0.39 is 29.8 Å². The van der Waals surface area contributed by atoms with Gasteiger partial charge in [-0.05, 0) is 36.8 Å². The minimum Gasteiger partial charge on any atom is -0.481 e. The number of hydrogen-bond acceptors (Lipinski definition) is 4. The number of carbonyl (C=O) groups excluding carboxylic acids is 2. The summed E-state index contributed by atoms with van der Waals surface area (Å²) in [6.07, 6.45) is -0.545. The second-order valence-electron chi connectivity index (χ2n) is 5.49. The lowest BCUT2D eigenvalue weighted by atomic mass is 10.1. The van der Waals surface area contributed by atoms with Crippen molar-refractivity contribution in [2.75, 3.05) is 7.11 Å². The normalized spacial score (nSPS) is 12.8. The fourth-order valence-corrected chi connectivity index (χ4v) is 2.25. The van der Waals surface area contributed by atoms with Crippen molar-refractivity contribution in [2.45, 2.75) is 25.5 Å². The highest BCUT2D eigenvalue weighted by Crippen LogP contribution is 2.13. The highest BCUT2D eigenvalue weighted by atomic mass is 19.1. The summed E-state index contributed by atoms with van der Waals surface area (Å²) in [7, 11) is 1.27.